The molecule has 3 aromatic rings. The monoisotopic (exact) mass is 474 g/mol. The average Bonchev–Trinajstić information content (AvgIpc) is 3.27. The van der Waals surface area contributed by atoms with Crippen molar-refractivity contribution in [3.63, 3.8) is 0 Å². The van der Waals surface area contributed by atoms with E-state index in [1.165, 1.54) is 11.8 Å². The van der Waals surface area contributed by atoms with Gasteiger partial charge in [-0.25, -0.2) is 4.98 Å². The van der Waals surface area contributed by atoms with Gasteiger partial charge in [-0.05, 0) is 49.7 Å². The average molecular weight is 475 g/mol. The molecule has 0 saturated carbocycles. The molecule has 3 heterocycles. The van der Waals surface area contributed by atoms with E-state index in [0.717, 1.165) is 36.4 Å². The summed E-state index contributed by atoms with van der Waals surface area (Å²) < 4.78 is 5.28. The lowest BCUT2D eigenvalue weighted by molar-refractivity contribution is 0.0471. The molecular weight excluding hydrogens is 448 g/mol. The summed E-state index contributed by atoms with van der Waals surface area (Å²) in [6.07, 6.45) is 8.05. The zero-order chi connectivity index (χ0) is 24.1. The van der Waals surface area contributed by atoms with Gasteiger partial charge in [0.05, 0.1) is 17.0 Å². The van der Waals surface area contributed by atoms with Crippen LogP contribution in [0.5, 0.6) is 0 Å². The van der Waals surface area contributed by atoms with Crippen molar-refractivity contribution in [1.82, 2.24) is 19.9 Å². The van der Waals surface area contributed by atoms with Crippen molar-refractivity contribution in [2.75, 3.05) is 19.6 Å². The number of aldehydes is 1. The second-order valence-electron chi connectivity index (χ2n) is 8.39. The van der Waals surface area contributed by atoms with E-state index >= 15 is 0 Å². The van der Waals surface area contributed by atoms with Crippen LogP contribution in [0.1, 0.15) is 50.2 Å². The second kappa shape index (κ2) is 10.7. The lowest BCUT2D eigenvalue weighted by Gasteiger charge is -2.40. The number of carbonyl (C=O) groups excluding carboxylic acids is 2. The molecule has 1 fully saturated rings. The largest absolute Gasteiger partial charge is 0.360 e. The minimum atomic E-state index is -0.0194. The lowest BCUT2D eigenvalue weighted by atomic mass is 10.0. The molecule has 34 heavy (non-hydrogen) atoms. The fourth-order valence-electron chi connectivity index (χ4n) is 4.14. The van der Waals surface area contributed by atoms with E-state index in [2.05, 4.69) is 27.9 Å². The van der Waals surface area contributed by atoms with Gasteiger partial charge >= 0.3 is 0 Å². The number of hydrogen-bond donors (Lipinski definition) is 0. The molecule has 7 nitrogen and oxygen atoms in total. The summed E-state index contributed by atoms with van der Waals surface area (Å²) in [6.45, 7) is 6.67. The molecule has 2 aromatic heterocycles. The molecule has 0 N–H and O–H groups in total. The maximum atomic E-state index is 13.4. The van der Waals surface area contributed by atoms with Crippen molar-refractivity contribution in [3.05, 3.63) is 76.3 Å². The molecular formula is C26H26N4O3S. The maximum Gasteiger partial charge on any atom is 0.256 e. The van der Waals surface area contributed by atoms with Crippen molar-refractivity contribution in [1.29, 1.82) is 0 Å². The number of benzene rings is 1. The number of amides is 1. The number of carbonyl (C=O) groups is 2. The predicted octanol–water partition coefficient (Wildman–Crippen LogP) is 3.81. The first kappa shape index (κ1) is 23.7. The molecule has 0 unspecified atom stereocenters. The van der Waals surface area contributed by atoms with E-state index in [0.29, 0.717) is 40.6 Å². The molecule has 1 atom stereocenters. The number of rotatable bonds is 7. The lowest BCUT2D eigenvalue weighted by Crippen LogP contribution is -2.53. The standard InChI is InChI=1S/C26H26N4O3S/c1-4-20-11-21(13-22(12-20)16-31)15-29-8-9-30(19(3)14-29)26(32)24-6-5-7-27-25(24)34-17-23-10-18(2)28-33-23/h1,5-7,10-13,16,19H,8-9,14-15,17H2,2-3H3/t19-/m0/s1. The van der Waals surface area contributed by atoms with Gasteiger partial charge in [0.25, 0.3) is 5.91 Å². The number of nitrogens with zero attached hydrogens (tertiary/aromatic N) is 4. The second-order valence-corrected chi connectivity index (χ2v) is 9.35. The number of terminal acetylenes is 1. The predicted molar refractivity (Wildman–Crippen MR) is 131 cm³/mol. The Morgan fingerprint density at radius 3 is 2.88 bits per heavy atom. The molecule has 1 aliphatic heterocycles. The van der Waals surface area contributed by atoms with Crippen LogP contribution in [-0.2, 0) is 12.3 Å². The Kier molecular flexibility index (Phi) is 7.46. The van der Waals surface area contributed by atoms with Crippen molar-refractivity contribution in [3.8, 4) is 12.3 Å². The molecule has 1 saturated heterocycles. The molecule has 1 aromatic carbocycles. The Morgan fingerprint density at radius 1 is 1.32 bits per heavy atom. The van der Waals surface area contributed by atoms with Crippen LogP contribution >= 0.6 is 11.8 Å². The SMILES string of the molecule is C#Cc1cc(C=O)cc(CN2CCN(C(=O)c3cccnc3SCc3cc(C)no3)[C@@H](C)C2)c1. The van der Waals surface area contributed by atoms with Gasteiger partial charge in [0.1, 0.15) is 17.1 Å². The van der Waals surface area contributed by atoms with Crippen LogP contribution in [0.4, 0.5) is 0 Å². The maximum absolute atomic E-state index is 13.4. The van der Waals surface area contributed by atoms with Crippen LogP contribution in [0, 0.1) is 19.3 Å². The van der Waals surface area contributed by atoms with Crippen LogP contribution in [0.3, 0.4) is 0 Å². The summed E-state index contributed by atoms with van der Waals surface area (Å²) in [5.41, 5.74) is 3.70. The molecule has 0 radical (unpaired) electrons. The van der Waals surface area contributed by atoms with Gasteiger partial charge in [-0.2, -0.15) is 0 Å². The van der Waals surface area contributed by atoms with Crippen LogP contribution < -0.4 is 0 Å². The fraction of sp³-hybridized carbons (Fsp3) is 0.308. The number of aryl methyl sites for hydroxylation is 1. The van der Waals surface area contributed by atoms with Crippen molar-refractivity contribution < 1.29 is 14.1 Å². The zero-order valence-electron chi connectivity index (χ0n) is 19.2. The first-order valence-corrected chi connectivity index (χ1v) is 12.0. The number of pyridine rings is 1. The summed E-state index contributed by atoms with van der Waals surface area (Å²) in [6, 6.07) is 11.0. The summed E-state index contributed by atoms with van der Waals surface area (Å²) >= 11 is 1.47. The van der Waals surface area contributed by atoms with Crippen molar-refractivity contribution in [2.24, 2.45) is 0 Å². The third kappa shape index (κ3) is 5.56. The highest BCUT2D eigenvalue weighted by atomic mass is 32.2. The van der Waals surface area contributed by atoms with Gasteiger partial charge in [-0.3, -0.25) is 14.5 Å². The van der Waals surface area contributed by atoms with Crippen LogP contribution in [-0.4, -0.2) is 57.8 Å². The third-order valence-electron chi connectivity index (χ3n) is 5.73. The summed E-state index contributed by atoms with van der Waals surface area (Å²) in [5, 5.41) is 4.59. The Morgan fingerprint density at radius 2 is 2.18 bits per heavy atom. The van der Waals surface area contributed by atoms with E-state index in [1.807, 2.05) is 36.1 Å². The number of aromatic nitrogens is 2. The number of piperazine rings is 1. The highest BCUT2D eigenvalue weighted by Gasteiger charge is 2.29. The van der Waals surface area contributed by atoms with Crippen LogP contribution in [0.2, 0.25) is 0 Å². The topological polar surface area (TPSA) is 79.5 Å². The number of thioether (sulfide) groups is 1. The molecule has 0 aliphatic carbocycles. The first-order valence-electron chi connectivity index (χ1n) is 11.1. The molecule has 1 amide bonds. The van der Waals surface area contributed by atoms with Gasteiger partial charge < -0.3 is 9.42 Å². The minimum Gasteiger partial charge on any atom is -0.360 e. The molecule has 0 spiro atoms. The van der Waals surface area contributed by atoms with Crippen molar-refractivity contribution >= 4 is 24.0 Å². The van der Waals surface area contributed by atoms with Gasteiger partial charge in [-0.15, -0.1) is 6.42 Å². The Labute approximate surface area is 203 Å². The van der Waals surface area contributed by atoms with E-state index < -0.39 is 0 Å². The zero-order valence-corrected chi connectivity index (χ0v) is 20.0. The van der Waals surface area contributed by atoms with Crippen LogP contribution in [0.25, 0.3) is 0 Å². The summed E-state index contributed by atoms with van der Waals surface area (Å²) in [5.74, 6) is 3.90. The molecule has 1 aliphatic rings. The third-order valence-corrected chi connectivity index (χ3v) is 6.75. The molecule has 8 heteroatoms. The van der Waals surface area contributed by atoms with E-state index in [1.54, 1.807) is 18.3 Å². The van der Waals surface area contributed by atoms with E-state index in [9.17, 15) is 9.59 Å². The quantitative estimate of drug-likeness (QED) is 0.293. The van der Waals surface area contributed by atoms with Gasteiger partial charge in [0.2, 0.25) is 0 Å². The molecule has 0 bridgehead atoms. The first-order chi connectivity index (χ1) is 16.5. The number of hydrogen-bond acceptors (Lipinski definition) is 7. The fourth-order valence-corrected chi connectivity index (χ4v) is 5.01. The van der Waals surface area contributed by atoms with Gasteiger partial charge in [0.15, 0.2) is 0 Å². The Balaban J connectivity index is 1.42. The Hall–Kier alpha value is -3.41. The van der Waals surface area contributed by atoms with Crippen molar-refractivity contribution in [2.45, 2.75) is 37.2 Å². The van der Waals surface area contributed by atoms with Gasteiger partial charge in [-0.1, -0.05) is 22.8 Å². The van der Waals surface area contributed by atoms with E-state index in [4.69, 9.17) is 10.9 Å². The highest BCUT2D eigenvalue weighted by Crippen LogP contribution is 2.27. The van der Waals surface area contributed by atoms with Crippen LogP contribution in [0.15, 0.2) is 52.1 Å². The van der Waals surface area contributed by atoms with E-state index in [-0.39, 0.29) is 11.9 Å². The summed E-state index contributed by atoms with van der Waals surface area (Å²) in [7, 11) is 0. The normalized spacial score (nSPS) is 16.3. The molecule has 4 rings (SSSR count). The highest BCUT2D eigenvalue weighted by molar-refractivity contribution is 7.98. The van der Waals surface area contributed by atoms with Gasteiger partial charge in [0, 0.05) is 55.6 Å². The molecule has 174 valence electrons. The Bertz CT molecular complexity index is 1230. The summed E-state index contributed by atoms with van der Waals surface area (Å²) in [4.78, 5) is 33.3. The smallest absolute Gasteiger partial charge is 0.256 e. The minimum absolute atomic E-state index is 0.0194.